The van der Waals surface area contributed by atoms with Crippen molar-refractivity contribution in [1.29, 1.82) is 0 Å². The van der Waals surface area contributed by atoms with E-state index >= 15 is 0 Å². The maximum atomic E-state index is 12.4. The second kappa shape index (κ2) is 9.73. The molecule has 0 aliphatic heterocycles. The van der Waals surface area contributed by atoms with Crippen LogP contribution in [0.4, 0.5) is 16.2 Å². The van der Waals surface area contributed by atoms with E-state index in [0.29, 0.717) is 46.1 Å². The van der Waals surface area contributed by atoms with Gasteiger partial charge in [-0.15, -0.1) is 0 Å². The molecule has 4 rings (SSSR count). The number of ether oxygens (including phenoxy) is 3. The molecule has 0 spiro atoms. The lowest BCUT2D eigenvalue weighted by Gasteiger charge is -2.12. The van der Waals surface area contributed by atoms with Crippen LogP contribution in [0, 0.1) is 6.92 Å². The number of methoxy groups -OCH3 is 2. The molecule has 33 heavy (non-hydrogen) atoms. The third-order valence-corrected chi connectivity index (χ3v) is 4.65. The summed E-state index contributed by atoms with van der Waals surface area (Å²) in [7, 11) is 3.09. The van der Waals surface area contributed by atoms with Gasteiger partial charge in [-0.05, 0) is 55.5 Å². The van der Waals surface area contributed by atoms with Gasteiger partial charge in [0, 0.05) is 35.9 Å². The van der Waals surface area contributed by atoms with Crippen LogP contribution in [-0.2, 0) is 0 Å². The van der Waals surface area contributed by atoms with Gasteiger partial charge in [0.25, 0.3) is 0 Å². The number of carbonyl (C=O) groups excluding carboxylic acids is 1. The molecule has 0 aliphatic rings. The number of benzene rings is 2. The average molecular weight is 445 g/mol. The minimum Gasteiger partial charge on any atom is -0.493 e. The summed E-state index contributed by atoms with van der Waals surface area (Å²) < 4.78 is 18.2. The molecule has 0 radical (unpaired) electrons. The summed E-state index contributed by atoms with van der Waals surface area (Å²) in [5.74, 6) is 3.43. The summed E-state index contributed by atoms with van der Waals surface area (Å²) in [6.45, 7) is 1.81. The van der Waals surface area contributed by atoms with Crippen LogP contribution in [0.3, 0.4) is 0 Å². The summed E-state index contributed by atoms with van der Waals surface area (Å²) in [4.78, 5) is 21.1. The van der Waals surface area contributed by atoms with Crippen LogP contribution < -0.4 is 24.8 Å². The van der Waals surface area contributed by atoms with E-state index in [1.54, 1.807) is 55.6 Å². The Labute approximate surface area is 191 Å². The van der Waals surface area contributed by atoms with Gasteiger partial charge in [-0.25, -0.2) is 9.78 Å². The van der Waals surface area contributed by atoms with Crippen molar-refractivity contribution in [2.75, 3.05) is 24.9 Å². The van der Waals surface area contributed by atoms with Gasteiger partial charge in [-0.1, -0.05) is 0 Å². The number of nitrogens with one attached hydrogen (secondary N) is 2. The highest BCUT2D eigenvalue weighted by Crippen LogP contribution is 2.30. The lowest BCUT2D eigenvalue weighted by molar-refractivity contribution is 0.262. The molecular formula is C24H23N5O4. The van der Waals surface area contributed by atoms with E-state index in [0.717, 1.165) is 0 Å². The number of rotatable bonds is 7. The van der Waals surface area contributed by atoms with E-state index in [1.165, 1.54) is 7.11 Å². The van der Waals surface area contributed by atoms with E-state index in [1.807, 2.05) is 36.0 Å². The van der Waals surface area contributed by atoms with Gasteiger partial charge >= 0.3 is 6.03 Å². The maximum Gasteiger partial charge on any atom is 0.323 e. The van der Waals surface area contributed by atoms with Crippen LogP contribution in [-0.4, -0.2) is 34.8 Å². The Kier molecular flexibility index (Phi) is 6.40. The molecule has 2 N–H and O–H groups in total. The van der Waals surface area contributed by atoms with E-state index in [4.69, 9.17) is 14.2 Å². The quantitative estimate of drug-likeness (QED) is 0.414. The van der Waals surface area contributed by atoms with Crippen LogP contribution in [0.15, 0.2) is 73.1 Å². The number of anilines is 2. The fourth-order valence-corrected chi connectivity index (χ4v) is 3.13. The molecule has 2 amide bonds. The Morgan fingerprint density at radius 3 is 2.21 bits per heavy atom. The predicted molar refractivity (Wildman–Crippen MR) is 125 cm³/mol. The number of hydrogen-bond acceptors (Lipinski definition) is 6. The monoisotopic (exact) mass is 445 g/mol. The van der Waals surface area contributed by atoms with Crippen LogP contribution in [0.2, 0.25) is 0 Å². The summed E-state index contributed by atoms with van der Waals surface area (Å²) >= 11 is 0. The summed E-state index contributed by atoms with van der Waals surface area (Å²) in [5, 5.41) is 5.54. The van der Waals surface area contributed by atoms with Crippen molar-refractivity contribution in [2.45, 2.75) is 6.92 Å². The van der Waals surface area contributed by atoms with Gasteiger partial charge < -0.3 is 29.4 Å². The van der Waals surface area contributed by atoms with E-state index in [9.17, 15) is 4.79 Å². The standard InChI is InChI=1S/C24H23N5O4/c1-16-25-22(29-12-4-5-13-29)15-23(26-16)33-19-9-6-17(7-10-19)27-24(30)28-18-8-11-20(31-2)21(14-18)32-3/h4-15H,1-3H3,(H2,27,28,30). The van der Waals surface area contributed by atoms with Crippen LogP contribution >= 0.6 is 0 Å². The van der Waals surface area contributed by atoms with E-state index < -0.39 is 6.03 Å². The van der Waals surface area contributed by atoms with Gasteiger partial charge in [-0.3, -0.25) is 0 Å². The van der Waals surface area contributed by atoms with Crippen LogP contribution in [0.1, 0.15) is 5.82 Å². The first-order valence-corrected chi connectivity index (χ1v) is 10.1. The second-order valence-corrected chi connectivity index (χ2v) is 6.98. The number of urea groups is 1. The van der Waals surface area contributed by atoms with Gasteiger partial charge in [0.15, 0.2) is 11.5 Å². The molecule has 2 heterocycles. The molecule has 2 aromatic heterocycles. The molecule has 168 valence electrons. The lowest BCUT2D eigenvalue weighted by Crippen LogP contribution is -2.19. The molecule has 0 atom stereocenters. The Morgan fingerprint density at radius 1 is 0.848 bits per heavy atom. The van der Waals surface area contributed by atoms with Gasteiger partial charge in [0.05, 0.1) is 14.2 Å². The smallest absolute Gasteiger partial charge is 0.323 e. The van der Waals surface area contributed by atoms with Crippen molar-refractivity contribution >= 4 is 17.4 Å². The fraction of sp³-hybridized carbons (Fsp3) is 0.125. The number of nitrogens with zero attached hydrogens (tertiary/aromatic N) is 3. The first-order chi connectivity index (χ1) is 16.0. The van der Waals surface area contributed by atoms with Crippen molar-refractivity contribution in [3.05, 3.63) is 78.9 Å². The molecule has 0 unspecified atom stereocenters. The Hall–Kier alpha value is -4.53. The Morgan fingerprint density at radius 2 is 1.52 bits per heavy atom. The molecule has 0 saturated heterocycles. The SMILES string of the molecule is COc1ccc(NC(=O)Nc2ccc(Oc3cc(-n4cccc4)nc(C)n3)cc2)cc1OC. The van der Waals surface area contributed by atoms with Crippen LogP contribution in [0.25, 0.3) is 5.82 Å². The van der Waals surface area contributed by atoms with Gasteiger partial charge in [-0.2, -0.15) is 4.98 Å². The summed E-state index contributed by atoms with van der Waals surface area (Å²) in [6, 6.07) is 17.3. The number of aromatic nitrogens is 3. The molecule has 9 heteroatoms. The van der Waals surface area contributed by atoms with Crippen molar-refractivity contribution < 1.29 is 19.0 Å². The van der Waals surface area contributed by atoms with Gasteiger partial charge in [0.2, 0.25) is 5.88 Å². The largest absolute Gasteiger partial charge is 0.493 e. The summed E-state index contributed by atoms with van der Waals surface area (Å²) in [5.41, 5.74) is 1.18. The number of amides is 2. The van der Waals surface area contributed by atoms with E-state index in [-0.39, 0.29) is 0 Å². The third-order valence-electron chi connectivity index (χ3n) is 4.65. The highest BCUT2D eigenvalue weighted by molar-refractivity contribution is 5.99. The first-order valence-electron chi connectivity index (χ1n) is 10.1. The molecule has 0 fully saturated rings. The number of hydrogen-bond donors (Lipinski definition) is 2. The zero-order valence-electron chi connectivity index (χ0n) is 18.4. The fourth-order valence-electron chi connectivity index (χ4n) is 3.13. The van der Waals surface area contributed by atoms with Gasteiger partial charge in [0.1, 0.15) is 17.4 Å². The molecule has 0 saturated carbocycles. The minimum atomic E-state index is -0.390. The topological polar surface area (TPSA) is 99.5 Å². The molecule has 0 bridgehead atoms. The average Bonchev–Trinajstić information content (AvgIpc) is 3.35. The molecule has 4 aromatic rings. The van der Waals surface area contributed by atoms with Crippen molar-refractivity contribution in [3.63, 3.8) is 0 Å². The maximum absolute atomic E-state index is 12.4. The normalized spacial score (nSPS) is 10.4. The number of carbonyl (C=O) groups is 1. The Balaban J connectivity index is 1.39. The predicted octanol–water partition coefficient (Wildman–Crippen LogP) is 5.03. The van der Waals surface area contributed by atoms with Crippen molar-refractivity contribution in [3.8, 4) is 28.9 Å². The summed E-state index contributed by atoms with van der Waals surface area (Å²) in [6.07, 6.45) is 3.80. The lowest BCUT2D eigenvalue weighted by atomic mass is 10.2. The molecule has 9 nitrogen and oxygen atoms in total. The minimum absolute atomic E-state index is 0.390. The Bertz CT molecular complexity index is 1240. The highest BCUT2D eigenvalue weighted by atomic mass is 16.5. The van der Waals surface area contributed by atoms with Crippen molar-refractivity contribution in [1.82, 2.24) is 14.5 Å². The molecule has 0 aliphatic carbocycles. The zero-order chi connectivity index (χ0) is 23.2. The van der Waals surface area contributed by atoms with E-state index in [2.05, 4.69) is 20.6 Å². The third kappa shape index (κ3) is 5.40. The highest BCUT2D eigenvalue weighted by Gasteiger charge is 2.09. The zero-order valence-corrected chi connectivity index (χ0v) is 18.4. The van der Waals surface area contributed by atoms with Crippen LogP contribution in [0.5, 0.6) is 23.1 Å². The second-order valence-electron chi connectivity index (χ2n) is 6.98. The number of aryl methyl sites for hydroxylation is 1. The molecular weight excluding hydrogens is 422 g/mol. The van der Waals surface area contributed by atoms with Crippen molar-refractivity contribution in [2.24, 2.45) is 0 Å². The molecule has 2 aromatic carbocycles. The first kappa shape index (κ1) is 21.7.